The highest BCUT2D eigenvalue weighted by Gasteiger charge is 2.48. The van der Waals surface area contributed by atoms with E-state index in [2.05, 4.69) is 4.98 Å². The van der Waals surface area contributed by atoms with Crippen molar-refractivity contribution >= 4 is 5.91 Å². The fraction of sp³-hybridized carbons (Fsp3) is 0.214. The zero-order valence-corrected chi connectivity index (χ0v) is 19.9. The molecule has 4 heterocycles. The van der Waals surface area contributed by atoms with E-state index >= 15 is 0 Å². The van der Waals surface area contributed by atoms with E-state index in [0.29, 0.717) is 35.7 Å². The van der Waals surface area contributed by atoms with Gasteiger partial charge in [0.2, 0.25) is 5.88 Å². The summed E-state index contributed by atoms with van der Waals surface area (Å²) in [6.07, 6.45) is -2.46. The Morgan fingerprint density at radius 3 is 2.42 bits per heavy atom. The summed E-state index contributed by atoms with van der Waals surface area (Å²) in [5.41, 5.74) is -0.805. The van der Waals surface area contributed by atoms with Crippen molar-refractivity contribution < 1.29 is 31.8 Å². The number of amides is 1. The van der Waals surface area contributed by atoms with Crippen molar-refractivity contribution in [3.05, 3.63) is 102 Å². The summed E-state index contributed by atoms with van der Waals surface area (Å²) in [5, 5.41) is 0. The van der Waals surface area contributed by atoms with Crippen LogP contribution < -0.4 is 9.47 Å². The van der Waals surface area contributed by atoms with Crippen LogP contribution in [-0.4, -0.2) is 33.4 Å². The number of aromatic nitrogens is 2. The Kier molecular flexibility index (Phi) is 5.62. The van der Waals surface area contributed by atoms with Crippen LogP contribution in [0.1, 0.15) is 34.6 Å². The molecule has 0 unspecified atom stereocenters. The van der Waals surface area contributed by atoms with Crippen LogP contribution in [0.2, 0.25) is 0 Å². The van der Waals surface area contributed by atoms with Crippen LogP contribution >= 0.6 is 0 Å². The summed E-state index contributed by atoms with van der Waals surface area (Å²) in [6, 6.07) is 17.8. The van der Waals surface area contributed by atoms with Crippen LogP contribution in [0.25, 0.3) is 5.69 Å². The zero-order chi connectivity index (χ0) is 26.5. The third-order valence-corrected chi connectivity index (χ3v) is 6.94. The number of hydrogen-bond acceptors (Lipinski definition) is 4. The molecule has 1 spiro atoms. The van der Waals surface area contributed by atoms with Crippen LogP contribution in [-0.2, 0) is 11.8 Å². The highest BCUT2D eigenvalue weighted by atomic mass is 19.4. The molecule has 0 aliphatic carbocycles. The van der Waals surface area contributed by atoms with E-state index in [4.69, 9.17) is 9.47 Å². The lowest BCUT2D eigenvalue weighted by molar-refractivity contribution is -0.143. The van der Waals surface area contributed by atoms with Gasteiger partial charge in [-0.15, -0.1) is 0 Å². The first-order valence-corrected chi connectivity index (χ1v) is 12.0. The quantitative estimate of drug-likeness (QED) is 0.294. The largest absolute Gasteiger partial charge is 0.479 e. The number of nitrogens with zero attached hydrogens (tertiary/aromatic N) is 3. The number of carbonyl (C=O) groups excluding carboxylic acids is 1. The van der Waals surface area contributed by atoms with Gasteiger partial charge in [0.15, 0.2) is 5.60 Å². The van der Waals surface area contributed by atoms with Crippen molar-refractivity contribution in [1.82, 2.24) is 14.5 Å². The first-order chi connectivity index (χ1) is 18.2. The van der Waals surface area contributed by atoms with Crippen LogP contribution in [0, 0.1) is 5.82 Å². The third kappa shape index (κ3) is 4.06. The first-order valence-electron chi connectivity index (χ1n) is 12.0. The molecule has 0 radical (unpaired) electrons. The van der Waals surface area contributed by atoms with E-state index < -0.39 is 23.3 Å². The first kappa shape index (κ1) is 24.0. The average molecular weight is 523 g/mol. The number of piperidine rings is 1. The number of benzene rings is 2. The lowest BCUT2D eigenvalue weighted by atomic mass is 9.86. The maximum absolute atomic E-state index is 13.9. The Labute approximate surface area is 215 Å². The predicted molar refractivity (Wildman–Crippen MR) is 129 cm³/mol. The zero-order valence-electron chi connectivity index (χ0n) is 19.9. The molecule has 38 heavy (non-hydrogen) atoms. The van der Waals surface area contributed by atoms with Crippen molar-refractivity contribution in [3.63, 3.8) is 0 Å². The molecule has 0 bridgehead atoms. The Balaban J connectivity index is 1.27. The molecule has 2 aliphatic heterocycles. The molecule has 0 atom stereocenters. The molecule has 2 aromatic heterocycles. The minimum atomic E-state index is -4.54. The molecule has 2 aromatic carbocycles. The molecule has 194 valence electrons. The Morgan fingerprint density at radius 1 is 0.947 bits per heavy atom. The monoisotopic (exact) mass is 523 g/mol. The van der Waals surface area contributed by atoms with Crippen LogP contribution in [0.5, 0.6) is 17.4 Å². The average Bonchev–Trinajstić information content (AvgIpc) is 3.38. The third-order valence-electron chi connectivity index (χ3n) is 6.94. The maximum atomic E-state index is 13.9. The highest BCUT2D eigenvalue weighted by molar-refractivity contribution is 5.96. The molecule has 4 aromatic rings. The van der Waals surface area contributed by atoms with Crippen molar-refractivity contribution in [2.24, 2.45) is 0 Å². The van der Waals surface area contributed by atoms with Crippen molar-refractivity contribution in [1.29, 1.82) is 0 Å². The van der Waals surface area contributed by atoms with Crippen molar-refractivity contribution in [2.75, 3.05) is 13.1 Å². The second-order valence-electron chi connectivity index (χ2n) is 9.21. The molecule has 6 nitrogen and oxygen atoms in total. The summed E-state index contributed by atoms with van der Waals surface area (Å²) < 4.78 is 68.2. The van der Waals surface area contributed by atoms with Gasteiger partial charge in [-0.05, 0) is 60.7 Å². The SMILES string of the molecule is O=C(c1cccnc1Oc1ccc(F)cc1)N1CCC2(CC1)Oc1ccccc1-n1c(C(F)(F)F)ccc12. The molecule has 6 rings (SSSR count). The van der Waals surface area contributed by atoms with Gasteiger partial charge in [-0.3, -0.25) is 4.79 Å². The van der Waals surface area contributed by atoms with E-state index in [1.165, 1.54) is 41.1 Å². The van der Waals surface area contributed by atoms with E-state index in [1.807, 2.05) is 0 Å². The molecule has 0 N–H and O–H groups in total. The van der Waals surface area contributed by atoms with E-state index in [9.17, 15) is 22.4 Å². The number of hydrogen-bond donors (Lipinski definition) is 0. The van der Waals surface area contributed by atoms with Gasteiger partial charge < -0.3 is 18.9 Å². The minimum absolute atomic E-state index is 0.0796. The number of ether oxygens (including phenoxy) is 2. The summed E-state index contributed by atoms with van der Waals surface area (Å²) in [4.78, 5) is 19.3. The maximum Gasteiger partial charge on any atom is 0.431 e. The Bertz CT molecular complexity index is 1510. The van der Waals surface area contributed by atoms with Crippen molar-refractivity contribution in [2.45, 2.75) is 24.6 Å². The summed E-state index contributed by atoms with van der Waals surface area (Å²) >= 11 is 0. The van der Waals surface area contributed by atoms with Gasteiger partial charge in [-0.25, -0.2) is 9.37 Å². The molecule has 0 saturated carbocycles. The minimum Gasteiger partial charge on any atom is -0.479 e. The lowest BCUT2D eigenvalue weighted by Gasteiger charge is -2.45. The number of fused-ring (bicyclic) bond motifs is 4. The fourth-order valence-corrected chi connectivity index (χ4v) is 5.11. The number of carbonyl (C=O) groups is 1. The van der Waals surface area contributed by atoms with Gasteiger partial charge in [-0.1, -0.05) is 12.1 Å². The fourth-order valence-electron chi connectivity index (χ4n) is 5.11. The predicted octanol–water partition coefficient (Wildman–Crippen LogP) is 6.35. The number of halogens is 4. The van der Waals surface area contributed by atoms with Gasteiger partial charge >= 0.3 is 6.18 Å². The van der Waals surface area contributed by atoms with Gasteiger partial charge in [0.05, 0.1) is 11.4 Å². The second-order valence-corrected chi connectivity index (χ2v) is 9.21. The molecule has 10 heteroatoms. The standard InChI is InChI=1S/C28H21F4N3O3/c29-18-7-9-19(10-8-18)37-25-20(4-3-15-33-25)26(36)34-16-13-27(14-17-34)23-11-12-24(28(30,31)32)35(23)21-5-1-2-6-22(21)38-27/h1-12,15H,13-14,16-17H2. The van der Waals surface area contributed by atoms with Crippen LogP contribution in [0.15, 0.2) is 79.0 Å². The number of likely N-dealkylation sites (tertiary alicyclic amines) is 1. The second kappa shape index (κ2) is 8.90. The van der Waals surface area contributed by atoms with E-state index in [0.717, 1.165) is 6.07 Å². The Hall–Kier alpha value is -4.34. The van der Waals surface area contributed by atoms with Gasteiger partial charge in [-0.2, -0.15) is 13.2 Å². The normalized spacial score (nSPS) is 15.9. The number of para-hydroxylation sites is 2. The van der Waals surface area contributed by atoms with Gasteiger partial charge in [0.1, 0.15) is 28.6 Å². The molecular weight excluding hydrogens is 502 g/mol. The number of rotatable bonds is 3. The summed E-state index contributed by atoms with van der Waals surface area (Å²) in [7, 11) is 0. The summed E-state index contributed by atoms with van der Waals surface area (Å²) in [6.45, 7) is 0.497. The number of alkyl halides is 3. The smallest absolute Gasteiger partial charge is 0.431 e. The molecule has 1 saturated heterocycles. The van der Waals surface area contributed by atoms with E-state index in [1.54, 1.807) is 41.3 Å². The highest BCUT2D eigenvalue weighted by Crippen LogP contribution is 2.48. The Morgan fingerprint density at radius 2 is 1.68 bits per heavy atom. The topological polar surface area (TPSA) is 56.6 Å². The van der Waals surface area contributed by atoms with Gasteiger partial charge in [0, 0.05) is 32.1 Å². The summed E-state index contributed by atoms with van der Waals surface area (Å²) in [5.74, 6) is 0.0255. The van der Waals surface area contributed by atoms with Crippen molar-refractivity contribution in [3.8, 4) is 23.1 Å². The molecule has 1 amide bonds. The lowest BCUT2D eigenvalue weighted by Crippen LogP contribution is -2.50. The van der Waals surface area contributed by atoms with Crippen LogP contribution in [0.3, 0.4) is 0 Å². The van der Waals surface area contributed by atoms with Crippen LogP contribution in [0.4, 0.5) is 17.6 Å². The number of pyridine rings is 1. The van der Waals surface area contributed by atoms with Gasteiger partial charge in [0.25, 0.3) is 5.91 Å². The molecule has 2 aliphatic rings. The molecule has 1 fully saturated rings. The van der Waals surface area contributed by atoms with E-state index in [-0.39, 0.29) is 30.4 Å². The molecular formula is C28H21F4N3O3.